The summed E-state index contributed by atoms with van der Waals surface area (Å²) < 4.78 is 132. The Morgan fingerprint density at radius 1 is 1.20 bits per heavy atom. The fourth-order valence-electron chi connectivity index (χ4n) is 1.13. The second-order valence-corrected chi connectivity index (χ2v) is 5.16. The van der Waals surface area contributed by atoms with Gasteiger partial charge in [-0.2, -0.15) is 31.5 Å². The number of hydrogen-bond acceptors (Lipinski definition) is 3. The van der Waals surface area contributed by atoms with E-state index in [9.17, 15) is 48.1 Å². The molecule has 0 aromatic rings. The average Bonchev–Trinajstić information content (AvgIpc) is 2.29. The van der Waals surface area contributed by atoms with Crippen LogP contribution in [0.2, 0.25) is 0 Å². The summed E-state index contributed by atoms with van der Waals surface area (Å²) in [4.78, 5) is 0. The Labute approximate surface area is 105 Å². The molecule has 1 heterocycles. The first-order valence-corrected chi connectivity index (χ1v) is 5.76. The van der Waals surface area contributed by atoms with Gasteiger partial charge in [0, 0.05) is 10.7 Å². The van der Waals surface area contributed by atoms with E-state index in [1.54, 1.807) is 0 Å². The number of alkyl halides is 7. The molecule has 0 spiro atoms. The predicted molar refractivity (Wildman–Crippen MR) is 43.7 cm³/mol. The van der Waals surface area contributed by atoms with E-state index in [0.717, 1.165) is 0 Å². The van der Waals surface area contributed by atoms with Gasteiger partial charge in [0.05, 0.1) is 0 Å². The van der Waals surface area contributed by atoms with Crippen LogP contribution in [0.1, 0.15) is 0 Å². The molecule has 118 valence electrons. The summed E-state index contributed by atoms with van der Waals surface area (Å²) in [6.07, 6.45) is -4.62. The monoisotopic (exact) mass is 338 g/mol. The van der Waals surface area contributed by atoms with Gasteiger partial charge in [-0.25, -0.2) is 12.8 Å². The Balaban J connectivity index is 3.46. The summed E-state index contributed by atoms with van der Waals surface area (Å²) in [6, 6.07) is 0. The predicted octanol–water partition coefficient (Wildman–Crippen LogP) is 2.33. The first-order chi connectivity index (χ1) is 8.70. The van der Waals surface area contributed by atoms with Crippen LogP contribution in [0.4, 0.5) is 39.7 Å². The third kappa shape index (κ3) is 2.01. The molecule has 0 radical (unpaired) electrons. The van der Waals surface area contributed by atoms with Crippen LogP contribution in [0.15, 0.2) is 12.3 Å². The lowest BCUT2D eigenvalue weighted by Crippen LogP contribution is -2.68. The molecule has 0 amide bonds. The quantitative estimate of drug-likeness (QED) is 0.441. The normalized spacial score (nSPS) is 30.9. The Morgan fingerprint density at radius 3 is 2.05 bits per heavy atom. The number of hydrogen-bond donors (Lipinski definition) is 0. The van der Waals surface area contributed by atoms with Crippen molar-refractivity contribution in [3.8, 4) is 0 Å². The first-order valence-electron chi connectivity index (χ1n) is 4.32. The van der Waals surface area contributed by atoms with Gasteiger partial charge < -0.3 is 0 Å². The molecule has 1 aliphatic rings. The molecular weight excluding hydrogens is 335 g/mol. The van der Waals surface area contributed by atoms with E-state index in [1.807, 2.05) is 0 Å². The summed E-state index contributed by atoms with van der Waals surface area (Å²) in [5, 5.41) is -2.02. The van der Waals surface area contributed by atoms with Gasteiger partial charge in [-0.05, 0) is 6.08 Å². The van der Waals surface area contributed by atoms with Gasteiger partial charge in [-0.3, -0.25) is 0 Å². The molecule has 4 nitrogen and oxygen atoms in total. The smallest absolute Gasteiger partial charge is 0.236 e. The number of nitrogens with zero attached hydrogens (tertiary/aromatic N) is 2. The fourth-order valence-corrected chi connectivity index (χ4v) is 1.83. The van der Waals surface area contributed by atoms with Crippen molar-refractivity contribution in [3.05, 3.63) is 12.3 Å². The van der Waals surface area contributed by atoms with Crippen molar-refractivity contribution in [1.29, 1.82) is 0 Å². The van der Waals surface area contributed by atoms with Gasteiger partial charge in [0.15, 0.2) is 6.17 Å². The number of halogens is 9. The molecule has 20 heavy (non-hydrogen) atoms. The van der Waals surface area contributed by atoms with Crippen molar-refractivity contribution in [2.45, 2.75) is 23.5 Å². The SMILES string of the molecule is O=S(=O)(N(F)C1(F)N(F)C=CC(F)C1(F)F)C(F)(F)F. The molecule has 2 unspecified atom stereocenters. The lowest BCUT2D eigenvalue weighted by molar-refractivity contribution is -0.349. The van der Waals surface area contributed by atoms with Crippen molar-refractivity contribution in [2.75, 3.05) is 0 Å². The zero-order chi connectivity index (χ0) is 16.1. The van der Waals surface area contributed by atoms with E-state index in [4.69, 9.17) is 0 Å². The summed E-state index contributed by atoms with van der Waals surface area (Å²) in [6.45, 7) is 0. The molecule has 0 fully saturated rings. The molecule has 2 atom stereocenters. The van der Waals surface area contributed by atoms with Crippen molar-refractivity contribution >= 4 is 10.0 Å². The van der Waals surface area contributed by atoms with E-state index in [-0.39, 0.29) is 6.08 Å². The summed E-state index contributed by atoms with van der Waals surface area (Å²) in [7, 11) is -7.33. The molecule has 0 aromatic heterocycles. The maximum absolute atomic E-state index is 13.6. The number of sulfonamides is 1. The first kappa shape index (κ1) is 16.9. The third-order valence-corrected chi connectivity index (χ3v) is 3.42. The van der Waals surface area contributed by atoms with E-state index >= 15 is 0 Å². The second kappa shape index (κ2) is 4.41. The van der Waals surface area contributed by atoms with Crippen LogP contribution in [0, 0.1) is 0 Å². The van der Waals surface area contributed by atoms with Gasteiger partial charge in [-0.1, -0.05) is 4.48 Å². The largest absolute Gasteiger partial charge is 0.514 e. The summed E-state index contributed by atoms with van der Waals surface area (Å²) in [5.74, 6) is -11.7. The van der Waals surface area contributed by atoms with Gasteiger partial charge in [-0.15, -0.1) is 4.48 Å². The van der Waals surface area contributed by atoms with Crippen LogP contribution in [0.3, 0.4) is 0 Å². The molecule has 0 bridgehead atoms. The minimum absolute atomic E-state index is 0.341. The van der Waals surface area contributed by atoms with Crippen molar-refractivity contribution < 1.29 is 48.1 Å². The third-order valence-electron chi connectivity index (χ3n) is 2.18. The van der Waals surface area contributed by atoms with Crippen LogP contribution in [-0.2, 0) is 10.0 Å². The van der Waals surface area contributed by atoms with Crippen molar-refractivity contribution in [1.82, 2.24) is 9.65 Å². The van der Waals surface area contributed by atoms with Crippen LogP contribution in [0.5, 0.6) is 0 Å². The highest BCUT2D eigenvalue weighted by molar-refractivity contribution is 7.89. The number of allylic oxidation sites excluding steroid dienone is 1. The van der Waals surface area contributed by atoms with E-state index in [0.29, 0.717) is 0 Å². The Morgan fingerprint density at radius 2 is 1.65 bits per heavy atom. The minimum Gasteiger partial charge on any atom is -0.236 e. The fraction of sp³-hybridized carbons (Fsp3) is 0.667. The zero-order valence-electron chi connectivity index (χ0n) is 8.75. The second-order valence-electron chi connectivity index (χ2n) is 3.43. The lowest BCUT2D eigenvalue weighted by Gasteiger charge is -2.41. The maximum Gasteiger partial charge on any atom is 0.514 e. The Kier molecular flexibility index (Phi) is 3.72. The number of rotatable bonds is 2. The molecule has 0 saturated carbocycles. The lowest BCUT2D eigenvalue weighted by atomic mass is 10.1. The molecule has 0 aromatic carbocycles. The highest BCUT2D eigenvalue weighted by atomic mass is 32.2. The van der Waals surface area contributed by atoms with E-state index < -0.39 is 49.4 Å². The summed E-state index contributed by atoms with van der Waals surface area (Å²) in [5.41, 5.74) is -6.55. The molecule has 0 saturated heterocycles. The topological polar surface area (TPSA) is 40.6 Å². The van der Waals surface area contributed by atoms with Gasteiger partial charge in [0.1, 0.15) is 0 Å². The average molecular weight is 338 g/mol. The highest BCUT2D eigenvalue weighted by Crippen LogP contribution is 2.48. The van der Waals surface area contributed by atoms with Crippen molar-refractivity contribution in [3.63, 3.8) is 0 Å². The molecule has 0 aliphatic carbocycles. The molecule has 14 heteroatoms. The van der Waals surface area contributed by atoms with Crippen LogP contribution in [-0.4, -0.2) is 41.6 Å². The highest BCUT2D eigenvalue weighted by Gasteiger charge is 2.75. The molecular formula is C6H3F9N2O2S. The maximum atomic E-state index is 13.6. The van der Waals surface area contributed by atoms with Crippen LogP contribution < -0.4 is 0 Å². The van der Waals surface area contributed by atoms with Crippen molar-refractivity contribution in [2.24, 2.45) is 0 Å². The molecule has 0 N–H and O–H groups in total. The van der Waals surface area contributed by atoms with E-state index in [2.05, 4.69) is 0 Å². The van der Waals surface area contributed by atoms with E-state index in [1.165, 1.54) is 0 Å². The Hall–Kier alpha value is -1.18. The molecule has 1 aliphatic heterocycles. The van der Waals surface area contributed by atoms with Crippen LogP contribution >= 0.6 is 0 Å². The van der Waals surface area contributed by atoms with Gasteiger partial charge in [0.25, 0.3) is 0 Å². The van der Waals surface area contributed by atoms with Crippen LogP contribution in [0.25, 0.3) is 0 Å². The summed E-state index contributed by atoms with van der Waals surface area (Å²) >= 11 is 0. The zero-order valence-corrected chi connectivity index (χ0v) is 9.57. The standard InChI is InChI=1S/C6H3F9N2O2S/c7-3-1-2-16(14)5(10,4(3,8)9)17(15)20(18,19)6(11,12)13/h1-3H. The molecule has 1 rings (SSSR count). The van der Waals surface area contributed by atoms with Gasteiger partial charge in [0.2, 0.25) is 0 Å². The Bertz CT molecular complexity index is 517. The minimum atomic E-state index is -7.33. The van der Waals surface area contributed by atoms with Gasteiger partial charge >= 0.3 is 27.4 Å².